The average molecular weight is 279 g/mol. The molecule has 0 amide bonds. The Bertz CT molecular complexity index is 675. The Balaban J connectivity index is 2.08. The van der Waals surface area contributed by atoms with E-state index in [4.69, 9.17) is 10.5 Å². The zero-order valence-electron chi connectivity index (χ0n) is 12.9. The van der Waals surface area contributed by atoms with Gasteiger partial charge >= 0.3 is 0 Å². The topological polar surface area (TPSA) is 35.2 Å². The van der Waals surface area contributed by atoms with Crippen molar-refractivity contribution >= 4 is 0 Å². The van der Waals surface area contributed by atoms with E-state index in [9.17, 15) is 0 Å². The van der Waals surface area contributed by atoms with Gasteiger partial charge in [-0.25, -0.2) is 0 Å². The lowest BCUT2D eigenvalue weighted by atomic mass is 10.1. The van der Waals surface area contributed by atoms with Gasteiger partial charge in [-0.3, -0.25) is 0 Å². The Kier molecular flexibility index (Phi) is 5.03. The van der Waals surface area contributed by atoms with Crippen LogP contribution < -0.4 is 10.5 Å². The monoisotopic (exact) mass is 279 g/mol. The van der Waals surface area contributed by atoms with E-state index in [0.717, 1.165) is 16.9 Å². The molecule has 0 atom stereocenters. The van der Waals surface area contributed by atoms with E-state index >= 15 is 0 Å². The predicted octanol–water partition coefficient (Wildman–Crippen LogP) is 3.50. The summed E-state index contributed by atoms with van der Waals surface area (Å²) in [7, 11) is 0. The Morgan fingerprint density at radius 1 is 0.952 bits per heavy atom. The predicted molar refractivity (Wildman–Crippen MR) is 87.4 cm³/mol. The van der Waals surface area contributed by atoms with E-state index in [1.165, 1.54) is 16.7 Å². The number of ether oxygens (including phenoxy) is 1. The van der Waals surface area contributed by atoms with E-state index in [-0.39, 0.29) is 0 Å². The molecule has 2 N–H and O–H groups in total. The molecule has 2 heteroatoms. The van der Waals surface area contributed by atoms with Gasteiger partial charge in [0.2, 0.25) is 0 Å². The summed E-state index contributed by atoms with van der Waals surface area (Å²) >= 11 is 0. The van der Waals surface area contributed by atoms with Crippen LogP contribution in [0.2, 0.25) is 0 Å². The molecule has 0 unspecified atom stereocenters. The maximum Gasteiger partial charge on any atom is 0.125 e. The first-order valence-electron chi connectivity index (χ1n) is 7.09. The highest BCUT2D eigenvalue weighted by Gasteiger charge is 2.06. The normalized spacial score (nSPS) is 9.90. The molecular formula is C19H21NO. The highest BCUT2D eigenvalue weighted by atomic mass is 16.5. The zero-order chi connectivity index (χ0) is 15.2. The molecule has 0 aromatic heterocycles. The Labute approximate surface area is 126 Å². The second-order valence-electron chi connectivity index (χ2n) is 5.14. The van der Waals surface area contributed by atoms with Crippen molar-refractivity contribution < 1.29 is 4.74 Å². The van der Waals surface area contributed by atoms with Crippen LogP contribution in [0, 0.1) is 32.6 Å². The summed E-state index contributed by atoms with van der Waals surface area (Å²) in [6.45, 7) is 7.23. The second-order valence-corrected chi connectivity index (χ2v) is 5.14. The van der Waals surface area contributed by atoms with Crippen molar-refractivity contribution in [1.29, 1.82) is 0 Å². The standard InChI is InChI=1S/C19H21NO/c1-14-6-7-15(2)19(16(14)3)21-13-18-10-8-17(9-11-18)5-4-12-20/h6-11H,12-13,20H2,1-3H3. The third kappa shape index (κ3) is 3.87. The van der Waals surface area contributed by atoms with Crippen molar-refractivity contribution in [2.45, 2.75) is 27.4 Å². The summed E-state index contributed by atoms with van der Waals surface area (Å²) in [5.74, 6) is 6.85. The van der Waals surface area contributed by atoms with Gasteiger partial charge in [-0.15, -0.1) is 0 Å². The molecule has 0 aliphatic heterocycles. The number of hydrogen-bond acceptors (Lipinski definition) is 2. The number of hydrogen-bond donors (Lipinski definition) is 1. The number of benzene rings is 2. The molecular weight excluding hydrogens is 258 g/mol. The molecule has 2 rings (SSSR count). The van der Waals surface area contributed by atoms with Gasteiger partial charge in [0, 0.05) is 5.56 Å². The fourth-order valence-electron chi connectivity index (χ4n) is 2.14. The fraction of sp³-hybridized carbons (Fsp3) is 0.263. The van der Waals surface area contributed by atoms with Crippen LogP contribution in [0.3, 0.4) is 0 Å². The molecule has 0 radical (unpaired) electrons. The first kappa shape index (κ1) is 15.2. The van der Waals surface area contributed by atoms with Crippen LogP contribution in [0.25, 0.3) is 0 Å². The van der Waals surface area contributed by atoms with Crippen LogP contribution in [0.1, 0.15) is 27.8 Å². The molecule has 0 saturated heterocycles. The smallest absolute Gasteiger partial charge is 0.125 e. The molecule has 0 aliphatic rings. The minimum atomic E-state index is 0.386. The van der Waals surface area contributed by atoms with Gasteiger partial charge in [0.05, 0.1) is 6.54 Å². The first-order chi connectivity index (χ1) is 10.1. The molecule has 0 fully saturated rings. The van der Waals surface area contributed by atoms with Gasteiger partial charge in [0.25, 0.3) is 0 Å². The SMILES string of the molecule is Cc1ccc(C)c(OCc2ccc(C#CCN)cc2)c1C. The minimum Gasteiger partial charge on any atom is -0.488 e. The van der Waals surface area contributed by atoms with Gasteiger partial charge in [0.15, 0.2) is 0 Å². The molecule has 2 aromatic rings. The minimum absolute atomic E-state index is 0.386. The summed E-state index contributed by atoms with van der Waals surface area (Å²) in [5, 5.41) is 0. The molecule has 0 saturated carbocycles. The van der Waals surface area contributed by atoms with Gasteiger partial charge in [0.1, 0.15) is 12.4 Å². The van der Waals surface area contributed by atoms with Gasteiger partial charge in [-0.1, -0.05) is 36.1 Å². The summed E-state index contributed by atoms with van der Waals surface area (Å²) in [6, 6.07) is 12.3. The largest absolute Gasteiger partial charge is 0.488 e. The third-order valence-electron chi connectivity index (χ3n) is 3.55. The highest BCUT2D eigenvalue weighted by Crippen LogP contribution is 2.26. The van der Waals surface area contributed by atoms with Crippen LogP contribution in [0.5, 0.6) is 5.75 Å². The summed E-state index contributed by atoms with van der Waals surface area (Å²) in [4.78, 5) is 0. The van der Waals surface area contributed by atoms with Gasteiger partial charge < -0.3 is 10.5 Å². The molecule has 2 aromatic carbocycles. The van der Waals surface area contributed by atoms with E-state index < -0.39 is 0 Å². The fourth-order valence-corrected chi connectivity index (χ4v) is 2.14. The van der Waals surface area contributed by atoms with Crippen molar-refractivity contribution in [3.05, 3.63) is 64.2 Å². The molecule has 21 heavy (non-hydrogen) atoms. The van der Waals surface area contributed by atoms with Gasteiger partial charge in [-0.2, -0.15) is 0 Å². The quantitative estimate of drug-likeness (QED) is 0.873. The molecule has 0 aliphatic carbocycles. The maximum atomic E-state index is 6.00. The zero-order valence-corrected chi connectivity index (χ0v) is 12.9. The van der Waals surface area contributed by atoms with Crippen LogP contribution in [-0.4, -0.2) is 6.54 Å². The van der Waals surface area contributed by atoms with E-state index in [1.807, 2.05) is 24.3 Å². The first-order valence-corrected chi connectivity index (χ1v) is 7.09. The summed E-state index contributed by atoms with van der Waals surface area (Å²) < 4.78 is 6.00. The van der Waals surface area contributed by atoms with Crippen molar-refractivity contribution in [1.82, 2.24) is 0 Å². The number of rotatable bonds is 3. The number of aryl methyl sites for hydroxylation is 2. The lowest BCUT2D eigenvalue weighted by Crippen LogP contribution is -2.00. The molecule has 108 valence electrons. The van der Waals surface area contributed by atoms with Crippen LogP contribution in [-0.2, 0) is 6.61 Å². The van der Waals surface area contributed by atoms with Crippen LogP contribution >= 0.6 is 0 Å². The maximum absolute atomic E-state index is 6.00. The van der Waals surface area contributed by atoms with Gasteiger partial charge in [-0.05, 0) is 55.2 Å². The Morgan fingerprint density at radius 2 is 1.62 bits per heavy atom. The van der Waals surface area contributed by atoms with Crippen molar-refractivity contribution in [3.8, 4) is 17.6 Å². The van der Waals surface area contributed by atoms with Crippen LogP contribution in [0.4, 0.5) is 0 Å². The molecule has 0 spiro atoms. The summed E-state index contributed by atoms with van der Waals surface area (Å²) in [5.41, 5.74) is 11.1. The van der Waals surface area contributed by atoms with E-state index in [1.54, 1.807) is 0 Å². The van der Waals surface area contributed by atoms with E-state index in [2.05, 4.69) is 44.7 Å². The Morgan fingerprint density at radius 3 is 2.29 bits per heavy atom. The molecule has 2 nitrogen and oxygen atoms in total. The molecule has 0 bridgehead atoms. The van der Waals surface area contributed by atoms with Crippen molar-refractivity contribution in [3.63, 3.8) is 0 Å². The van der Waals surface area contributed by atoms with E-state index in [0.29, 0.717) is 13.2 Å². The average Bonchev–Trinajstić information content (AvgIpc) is 2.50. The lowest BCUT2D eigenvalue weighted by Gasteiger charge is -2.14. The molecule has 0 heterocycles. The summed E-state index contributed by atoms with van der Waals surface area (Å²) in [6.07, 6.45) is 0. The van der Waals surface area contributed by atoms with Crippen molar-refractivity contribution in [2.24, 2.45) is 5.73 Å². The van der Waals surface area contributed by atoms with Crippen LogP contribution in [0.15, 0.2) is 36.4 Å². The number of nitrogens with two attached hydrogens (primary N) is 1. The third-order valence-corrected chi connectivity index (χ3v) is 3.55. The van der Waals surface area contributed by atoms with Crippen molar-refractivity contribution in [2.75, 3.05) is 6.54 Å². The highest BCUT2D eigenvalue weighted by molar-refractivity contribution is 5.44. The Hall–Kier alpha value is -2.24. The lowest BCUT2D eigenvalue weighted by molar-refractivity contribution is 0.301. The second kappa shape index (κ2) is 6.97.